The van der Waals surface area contributed by atoms with E-state index in [1.807, 2.05) is 11.9 Å². The molecule has 0 aromatic heterocycles. The number of piperidine rings is 1. The molecule has 4 nitrogen and oxygen atoms in total. The average molecular weight is 417 g/mol. The Balaban J connectivity index is 0.00000300. The second-order valence-electron chi connectivity index (χ2n) is 8.05. The molecule has 1 N–H and O–H groups in total. The molecule has 0 bridgehead atoms. The number of nitrogens with one attached hydrogen (secondary N) is 1. The van der Waals surface area contributed by atoms with E-state index in [0.717, 1.165) is 48.4 Å². The largest absolute Gasteiger partial charge is 0.488 e. The van der Waals surface area contributed by atoms with Crippen LogP contribution in [0.2, 0.25) is 0 Å². The predicted molar refractivity (Wildman–Crippen MR) is 121 cm³/mol. The fraction of sp³-hybridized carbons (Fsp3) is 0.458. The van der Waals surface area contributed by atoms with E-state index in [1.165, 1.54) is 11.1 Å². The lowest BCUT2D eigenvalue weighted by Gasteiger charge is -2.27. The molecule has 2 aromatic rings. The third-order valence-electron chi connectivity index (χ3n) is 5.51. The number of benzene rings is 2. The number of rotatable bonds is 6. The van der Waals surface area contributed by atoms with E-state index in [0.29, 0.717) is 13.2 Å². The molecule has 1 aliphatic rings. The molecule has 1 heterocycles. The van der Waals surface area contributed by atoms with Crippen molar-refractivity contribution in [1.29, 1.82) is 0 Å². The average Bonchev–Trinajstić information content (AvgIpc) is 2.68. The van der Waals surface area contributed by atoms with E-state index in [4.69, 9.17) is 4.74 Å². The van der Waals surface area contributed by atoms with Crippen molar-refractivity contribution in [3.63, 3.8) is 0 Å². The van der Waals surface area contributed by atoms with Gasteiger partial charge in [0, 0.05) is 19.5 Å². The summed E-state index contributed by atoms with van der Waals surface area (Å²) in [5, 5.41) is 3.32. The highest BCUT2D eigenvalue weighted by molar-refractivity contribution is 5.85. The van der Waals surface area contributed by atoms with E-state index >= 15 is 0 Å². The first-order valence-corrected chi connectivity index (χ1v) is 10.2. The van der Waals surface area contributed by atoms with Crippen molar-refractivity contribution >= 4 is 18.3 Å². The summed E-state index contributed by atoms with van der Waals surface area (Å²) in [5.41, 5.74) is 5.81. The standard InChI is InChI=1S/C24H32N2O2.ClH/c1-17-5-7-20(8-6-17)16-28-23-18(2)13-21(14-19(23)3)15-26(4)24(27)22-9-11-25-12-10-22;/h5-8,13-14,22,25H,9-12,15-16H2,1-4H3;1H. The molecule has 158 valence electrons. The summed E-state index contributed by atoms with van der Waals surface area (Å²) in [6.45, 7) is 9.33. The van der Waals surface area contributed by atoms with E-state index in [9.17, 15) is 4.79 Å². The van der Waals surface area contributed by atoms with E-state index in [2.05, 4.69) is 62.5 Å². The number of ether oxygens (including phenoxy) is 1. The molecular weight excluding hydrogens is 384 g/mol. The Morgan fingerprint density at radius 3 is 2.21 bits per heavy atom. The number of hydrogen-bond acceptors (Lipinski definition) is 3. The summed E-state index contributed by atoms with van der Waals surface area (Å²) in [7, 11) is 1.91. The van der Waals surface area contributed by atoms with Crippen molar-refractivity contribution in [2.45, 2.75) is 46.8 Å². The monoisotopic (exact) mass is 416 g/mol. The summed E-state index contributed by atoms with van der Waals surface area (Å²) in [6, 6.07) is 12.7. The highest BCUT2D eigenvalue weighted by atomic mass is 35.5. The first kappa shape index (κ1) is 23.2. The SMILES string of the molecule is Cc1ccc(COc2c(C)cc(CN(C)C(=O)C3CCNCC3)cc2C)cc1.Cl. The van der Waals surface area contributed by atoms with Gasteiger partial charge >= 0.3 is 0 Å². The zero-order valence-electron chi connectivity index (χ0n) is 18.0. The van der Waals surface area contributed by atoms with Gasteiger partial charge in [-0.2, -0.15) is 0 Å². The molecule has 0 radical (unpaired) electrons. The zero-order chi connectivity index (χ0) is 20.1. The number of carbonyl (C=O) groups is 1. The molecule has 0 aliphatic carbocycles. The second kappa shape index (κ2) is 10.7. The van der Waals surface area contributed by atoms with Gasteiger partial charge in [-0.3, -0.25) is 4.79 Å². The van der Waals surface area contributed by atoms with E-state index in [-0.39, 0.29) is 24.2 Å². The Morgan fingerprint density at radius 1 is 1.03 bits per heavy atom. The molecule has 2 aromatic carbocycles. The van der Waals surface area contributed by atoms with Crippen LogP contribution in [0.15, 0.2) is 36.4 Å². The maximum atomic E-state index is 12.7. The Kier molecular flexibility index (Phi) is 8.54. The lowest BCUT2D eigenvalue weighted by Crippen LogP contribution is -2.38. The Hall–Kier alpha value is -2.04. The van der Waals surface area contributed by atoms with Gasteiger partial charge in [0.05, 0.1) is 0 Å². The Labute approximate surface area is 181 Å². The fourth-order valence-corrected chi connectivity index (χ4v) is 3.93. The molecular formula is C24H33ClN2O2. The minimum absolute atomic E-state index is 0. The Morgan fingerprint density at radius 2 is 1.62 bits per heavy atom. The van der Waals surface area contributed by atoms with Crippen LogP contribution in [0, 0.1) is 26.7 Å². The van der Waals surface area contributed by atoms with Gasteiger partial charge in [0.2, 0.25) is 5.91 Å². The normalized spacial score (nSPS) is 14.2. The molecule has 0 unspecified atom stereocenters. The topological polar surface area (TPSA) is 41.6 Å². The van der Waals surface area contributed by atoms with Gasteiger partial charge in [-0.15, -0.1) is 12.4 Å². The molecule has 0 saturated carbocycles. The summed E-state index contributed by atoms with van der Waals surface area (Å²) in [4.78, 5) is 14.6. The van der Waals surface area contributed by atoms with Gasteiger partial charge < -0.3 is 15.0 Å². The van der Waals surface area contributed by atoms with Crippen molar-refractivity contribution in [2.24, 2.45) is 5.92 Å². The summed E-state index contributed by atoms with van der Waals surface area (Å²) < 4.78 is 6.11. The molecule has 1 amide bonds. The number of halogens is 1. The molecule has 5 heteroatoms. The summed E-state index contributed by atoms with van der Waals surface area (Å²) >= 11 is 0. The number of carbonyl (C=O) groups excluding carboxylic acids is 1. The van der Waals surface area contributed by atoms with Crippen LogP contribution in [-0.4, -0.2) is 30.9 Å². The maximum Gasteiger partial charge on any atom is 0.225 e. The second-order valence-corrected chi connectivity index (χ2v) is 8.05. The highest BCUT2D eigenvalue weighted by Crippen LogP contribution is 2.27. The van der Waals surface area contributed by atoms with Crippen LogP contribution in [0.3, 0.4) is 0 Å². The quantitative estimate of drug-likeness (QED) is 0.749. The zero-order valence-corrected chi connectivity index (χ0v) is 18.8. The van der Waals surface area contributed by atoms with Crippen LogP contribution in [0.5, 0.6) is 5.75 Å². The lowest BCUT2D eigenvalue weighted by atomic mass is 9.96. The van der Waals surface area contributed by atoms with Crippen molar-refractivity contribution in [3.8, 4) is 5.75 Å². The molecule has 1 fully saturated rings. The Bertz CT molecular complexity index is 791. The van der Waals surface area contributed by atoms with Crippen LogP contribution in [-0.2, 0) is 17.9 Å². The number of nitrogens with zero attached hydrogens (tertiary/aromatic N) is 1. The van der Waals surface area contributed by atoms with Crippen molar-refractivity contribution in [1.82, 2.24) is 10.2 Å². The predicted octanol–water partition coefficient (Wildman–Crippen LogP) is 4.57. The lowest BCUT2D eigenvalue weighted by molar-refractivity contribution is -0.135. The van der Waals surface area contributed by atoms with Crippen LogP contribution in [0.1, 0.15) is 40.7 Å². The highest BCUT2D eigenvalue weighted by Gasteiger charge is 2.24. The minimum Gasteiger partial charge on any atom is -0.488 e. The van der Waals surface area contributed by atoms with Crippen molar-refractivity contribution in [2.75, 3.05) is 20.1 Å². The third kappa shape index (κ3) is 6.22. The van der Waals surface area contributed by atoms with Crippen LogP contribution >= 0.6 is 12.4 Å². The smallest absolute Gasteiger partial charge is 0.225 e. The van der Waals surface area contributed by atoms with Gasteiger partial charge in [-0.25, -0.2) is 0 Å². The van der Waals surface area contributed by atoms with Crippen LogP contribution in [0.4, 0.5) is 0 Å². The molecule has 0 atom stereocenters. The van der Waals surface area contributed by atoms with Crippen LogP contribution < -0.4 is 10.1 Å². The van der Waals surface area contributed by atoms with Crippen molar-refractivity contribution in [3.05, 3.63) is 64.2 Å². The van der Waals surface area contributed by atoms with Crippen LogP contribution in [0.25, 0.3) is 0 Å². The number of hydrogen-bond donors (Lipinski definition) is 1. The molecule has 0 spiro atoms. The van der Waals surface area contributed by atoms with E-state index in [1.54, 1.807) is 0 Å². The van der Waals surface area contributed by atoms with E-state index < -0.39 is 0 Å². The first-order valence-electron chi connectivity index (χ1n) is 10.2. The summed E-state index contributed by atoms with van der Waals surface area (Å²) in [5.74, 6) is 1.36. The minimum atomic E-state index is 0. The first-order chi connectivity index (χ1) is 13.4. The molecule has 1 saturated heterocycles. The number of aryl methyl sites for hydroxylation is 3. The van der Waals surface area contributed by atoms with Gasteiger partial charge in [0.1, 0.15) is 12.4 Å². The van der Waals surface area contributed by atoms with Gasteiger partial charge in [-0.05, 0) is 69.0 Å². The fourth-order valence-electron chi connectivity index (χ4n) is 3.93. The molecule has 1 aliphatic heterocycles. The summed E-state index contributed by atoms with van der Waals surface area (Å²) in [6.07, 6.45) is 1.88. The van der Waals surface area contributed by atoms with Gasteiger partial charge in [-0.1, -0.05) is 42.0 Å². The van der Waals surface area contributed by atoms with Crippen molar-refractivity contribution < 1.29 is 9.53 Å². The van der Waals surface area contributed by atoms with Gasteiger partial charge in [0.15, 0.2) is 0 Å². The third-order valence-corrected chi connectivity index (χ3v) is 5.51. The molecule has 3 rings (SSSR count). The maximum absolute atomic E-state index is 12.7. The van der Waals surface area contributed by atoms with Gasteiger partial charge in [0.25, 0.3) is 0 Å². The molecule has 29 heavy (non-hydrogen) atoms. The number of amides is 1.